The molecule has 0 unspecified atom stereocenters. The molecule has 2 aromatic carbocycles. The van der Waals surface area contributed by atoms with Gasteiger partial charge < -0.3 is 10.5 Å². The van der Waals surface area contributed by atoms with Gasteiger partial charge >= 0.3 is 0 Å². The van der Waals surface area contributed by atoms with Crippen LogP contribution in [-0.4, -0.2) is 62.5 Å². The summed E-state index contributed by atoms with van der Waals surface area (Å²) in [5, 5.41) is 8.97. The third-order valence-corrected chi connectivity index (χ3v) is 9.92. The first kappa shape index (κ1) is 25.2. The number of hydrogen-bond acceptors (Lipinski definition) is 6. The van der Waals surface area contributed by atoms with Gasteiger partial charge in [-0.05, 0) is 86.7 Å². The van der Waals surface area contributed by atoms with Gasteiger partial charge in [0.15, 0.2) is 0 Å². The van der Waals surface area contributed by atoms with Crippen molar-refractivity contribution in [1.29, 1.82) is 5.26 Å². The van der Waals surface area contributed by atoms with E-state index in [1.807, 2.05) is 6.07 Å². The number of piperidine rings is 1. The molecule has 0 aromatic heterocycles. The van der Waals surface area contributed by atoms with Crippen molar-refractivity contribution in [2.75, 3.05) is 32.8 Å². The van der Waals surface area contributed by atoms with Crippen molar-refractivity contribution in [2.45, 2.75) is 48.8 Å². The molecule has 0 saturated carbocycles. The van der Waals surface area contributed by atoms with E-state index in [-0.39, 0.29) is 21.9 Å². The molecule has 3 heterocycles. The average molecular weight is 517 g/mol. The minimum atomic E-state index is -3.60. The molecule has 3 atom stereocenters. The number of likely N-dealkylation sites (tertiary alicyclic amines) is 1. The van der Waals surface area contributed by atoms with E-state index >= 15 is 0 Å². The highest BCUT2D eigenvalue weighted by Gasteiger charge is 2.46. The molecule has 0 bridgehead atoms. The van der Waals surface area contributed by atoms with E-state index in [0.29, 0.717) is 31.7 Å². The zero-order valence-electron chi connectivity index (χ0n) is 19.9. The summed E-state index contributed by atoms with van der Waals surface area (Å²) in [5.74, 6) is -1.03. The maximum atomic E-state index is 14.2. The maximum Gasteiger partial charge on any atom is 0.243 e. The molecule has 3 aliphatic heterocycles. The second-order valence-electron chi connectivity index (χ2n) is 10.2. The Bertz CT molecular complexity index is 1260. The lowest BCUT2D eigenvalue weighted by Gasteiger charge is -2.45. The number of rotatable bonds is 4. The highest BCUT2D eigenvalue weighted by atomic mass is 32.2. The van der Waals surface area contributed by atoms with Crippen LogP contribution in [0.25, 0.3) is 0 Å². The van der Waals surface area contributed by atoms with Crippen LogP contribution < -0.4 is 5.73 Å². The Balaban J connectivity index is 1.18. The number of nitrogens with two attached hydrogens (primary N) is 1. The summed E-state index contributed by atoms with van der Waals surface area (Å²) in [4.78, 5) is 2.55. The van der Waals surface area contributed by atoms with Crippen molar-refractivity contribution < 1.29 is 21.9 Å². The molecule has 3 saturated heterocycles. The van der Waals surface area contributed by atoms with Crippen molar-refractivity contribution in [1.82, 2.24) is 9.21 Å². The van der Waals surface area contributed by atoms with Crippen molar-refractivity contribution in [3.8, 4) is 6.07 Å². The minimum Gasteiger partial charge on any atom is -0.370 e. The highest BCUT2D eigenvalue weighted by molar-refractivity contribution is 7.89. The summed E-state index contributed by atoms with van der Waals surface area (Å²) < 4.78 is 61.7. The lowest BCUT2D eigenvalue weighted by atomic mass is 9.77. The van der Waals surface area contributed by atoms with Crippen LogP contribution in [0.1, 0.15) is 42.9 Å². The fourth-order valence-corrected chi connectivity index (χ4v) is 7.43. The molecule has 36 heavy (non-hydrogen) atoms. The number of hydrogen-bond donors (Lipinski definition) is 1. The van der Waals surface area contributed by atoms with E-state index < -0.39 is 33.8 Å². The first-order valence-corrected chi connectivity index (χ1v) is 13.7. The predicted molar refractivity (Wildman–Crippen MR) is 129 cm³/mol. The van der Waals surface area contributed by atoms with Crippen LogP contribution in [0.5, 0.6) is 0 Å². The van der Waals surface area contributed by atoms with E-state index in [0.717, 1.165) is 50.6 Å². The Labute approximate surface area is 210 Å². The van der Waals surface area contributed by atoms with Crippen LogP contribution in [0.15, 0.2) is 47.4 Å². The topological polar surface area (TPSA) is 99.7 Å². The van der Waals surface area contributed by atoms with E-state index in [1.165, 1.54) is 24.3 Å². The lowest BCUT2D eigenvalue weighted by molar-refractivity contribution is -0.0626. The van der Waals surface area contributed by atoms with Crippen LogP contribution in [-0.2, 0) is 14.8 Å². The van der Waals surface area contributed by atoms with Gasteiger partial charge in [-0.1, -0.05) is 0 Å². The second kappa shape index (κ2) is 9.80. The summed E-state index contributed by atoms with van der Waals surface area (Å²) in [6, 6.07) is 11.0. The maximum absolute atomic E-state index is 14.2. The molecule has 10 heteroatoms. The van der Waals surface area contributed by atoms with Gasteiger partial charge in [0.2, 0.25) is 10.0 Å². The molecule has 5 rings (SSSR count). The molecule has 0 radical (unpaired) electrons. The van der Waals surface area contributed by atoms with Gasteiger partial charge in [-0.15, -0.1) is 0 Å². The molecule has 192 valence electrons. The summed E-state index contributed by atoms with van der Waals surface area (Å²) >= 11 is 0. The first-order valence-electron chi connectivity index (χ1n) is 12.3. The summed E-state index contributed by atoms with van der Waals surface area (Å²) in [5.41, 5.74) is 6.88. The fourth-order valence-electron chi connectivity index (χ4n) is 5.87. The van der Waals surface area contributed by atoms with Crippen LogP contribution in [0.4, 0.5) is 8.78 Å². The smallest absolute Gasteiger partial charge is 0.243 e. The molecule has 3 aliphatic rings. The number of nitriles is 1. The van der Waals surface area contributed by atoms with Crippen molar-refractivity contribution in [2.24, 2.45) is 11.1 Å². The molecular weight excluding hydrogens is 486 g/mol. The third-order valence-electron chi connectivity index (χ3n) is 8.07. The Kier molecular flexibility index (Phi) is 6.87. The Morgan fingerprint density at radius 2 is 1.75 bits per heavy atom. The van der Waals surface area contributed by atoms with Gasteiger partial charge in [-0.25, -0.2) is 17.2 Å². The largest absolute Gasteiger partial charge is 0.370 e. The predicted octanol–water partition coefficient (Wildman–Crippen LogP) is 3.17. The first-order chi connectivity index (χ1) is 17.2. The summed E-state index contributed by atoms with van der Waals surface area (Å²) in [6.07, 6.45) is 2.51. The molecule has 0 amide bonds. The monoisotopic (exact) mass is 516 g/mol. The van der Waals surface area contributed by atoms with Crippen molar-refractivity contribution >= 4 is 10.0 Å². The van der Waals surface area contributed by atoms with Crippen LogP contribution in [0, 0.1) is 28.4 Å². The van der Waals surface area contributed by atoms with Gasteiger partial charge in [0.1, 0.15) is 17.7 Å². The number of benzene rings is 2. The number of nitrogens with zero attached hydrogens (tertiary/aromatic N) is 3. The van der Waals surface area contributed by atoms with E-state index in [9.17, 15) is 17.2 Å². The molecule has 2 N–H and O–H groups in total. The third kappa shape index (κ3) is 4.78. The lowest BCUT2D eigenvalue weighted by Crippen LogP contribution is -2.53. The fraction of sp³-hybridized carbons (Fsp3) is 0.500. The van der Waals surface area contributed by atoms with Gasteiger partial charge in [-0.2, -0.15) is 9.57 Å². The van der Waals surface area contributed by atoms with Crippen LogP contribution in [0.2, 0.25) is 0 Å². The van der Waals surface area contributed by atoms with E-state index in [1.54, 1.807) is 4.31 Å². The molecule has 3 fully saturated rings. The Hall–Kier alpha value is -2.42. The standard InChI is InChI=1S/C26H30F2N4O3S/c27-19-3-6-23(28)22(13-19)25-24(30)14-20(16-35-25)31-10-7-26(8-11-31)9-12-32(17-26)36(33,34)21-4-1-18(15-29)2-5-21/h1-6,13,20,24-25H,7-12,14,16-17,30H2/t20-,24+,25-/m1/s1. The van der Waals surface area contributed by atoms with Crippen LogP contribution >= 0.6 is 0 Å². The van der Waals surface area contributed by atoms with Gasteiger partial charge in [-0.3, -0.25) is 4.90 Å². The molecule has 7 nitrogen and oxygen atoms in total. The average Bonchev–Trinajstić information content (AvgIpc) is 3.30. The SMILES string of the molecule is N#Cc1ccc(S(=O)(=O)N2CCC3(CCN([C@H]4CO[C@H](c5cc(F)ccc5F)[C@@H](N)C4)CC3)C2)cc1. The zero-order chi connectivity index (χ0) is 25.5. The minimum absolute atomic E-state index is 0.0545. The van der Waals surface area contributed by atoms with Crippen molar-refractivity contribution in [3.05, 3.63) is 65.2 Å². The summed E-state index contributed by atoms with van der Waals surface area (Å²) in [7, 11) is -3.60. The summed E-state index contributed by atoms with van der Waals surface area (Å²) in [6.45, 7) is 2.99. The molecule has 2 aromatic rings. The van der Waals surface area contributed by atoms with Crippen LogP contribution in [0.3, 0.4) is 0 Å². The molecule has 1 spiro atoms. The quantitative estimate of drug-likeness (QED) is 0.670. The Morgan fingerprint density at radius 1 is 1.06 bits per heavy atom. The normalized spacial score (nSPS) is 27.2. The van der Waals surface area contributed by atoms with Gasteiger partial charge in [0.25, 0.3) is 0 Å². The molecular formula is C26H30F2N4O3S. The molecule has 0 aliphatic carbocycles. The second-order valence-corrected chi connectivity index (χ2v) is 12.2. The highest BCUT2D eigenvalue weighted by Crippen LogP contribution is 2.43. The van der Waals surface area contributed by atoms with E-state index in [4.69, 9.17) is 15.7 Å². The van der Waals surface area contributed by atoms with Gasteiger partial charge in [0, 0.05) is 30.7 Å². The zero-order valence-corrected chi connectivity index (χ0v) is 20.8. The van der Waals surface area contributed by atoms with Gasteiger partial charge in [0.05, 0.1) is 23.1 Å². The number of sulfonamides is 1. The number of halogens is 2. The van der Waals surface area contributed by atoms with E-state index in [2.05, 4.69) is 4.90 Å². The van der Waals surface area contributed by atoms with Crippen molar-refractivity contribution in [3.63, 3.8) is 0 Å². The Morgan fingerprint density at radius 3 is 2.42 bits per heavy atom. The number of ether oxygens (including phenoxy) is 1.